The zero-order valence-electron chi connectivity index (χ0n) is 8.97. The van der Waals surface area contributed by atoms with E-state index in [9.17, 15) is 0 Å². The highest BCUT2D eigenvalue weighted by atomic mass is 16.5. The van der Waals surface area contributed by atoms with Gasteiger partial charge in [-0.25, -0.2) is 0 Å². The Hall–Kier alpha value is -1.87. The molecule has 0 bridgehead atoms. The molecule has 0 amide bonds. The summed E-state index contributed by atoms with van der Waals surface area (Å²) in [5, 5.41) is 1.03. The van der Waals surface area contributed by atoms with E-state index in [2.05, 4.69) is 4.98 Å². The van der Waals surface area contributed by atoms with Crippen LogP contribution in [0, 0.1) is 0 Å². The smallest absolute Gasteiger partial charge is 0.129 e. The van der Waals surface area contributed by atoms with Crippen molar-refractivity contribution in [1.29, 1.82) is 0 Å². The molecule has 1 aromatic carbocycles. The largest absolute Gasteiger partial charge is 0.489 e. The normalized spacial score (nSPS) is 11.1. The molecule has 1 heterocycles. The third-order valence-electron chi connectivity index (χ3n) is 2.24. The maximum absolute atomic E-state index is 5.64. The van der Waals surface area contributed by atoms with Gasteiger partial charge in [-0.1, -0.05) is 18.2 Å². The predicted molar refractivity (Wildman–Crippen MR) is 65.4 cm³/mol. The van der Waals surface area contributed by atoms with E-state index in [1.54, 1.807) is 6.20 Å². The topological polar surface area (TPSA) is 48.1 Å². The highest BCUT2D eigenvalue weighted by Gasteiger charge is 2.00. The summed E-state index contributed by atoms with van der Waals surface area (Å²) in [4.78, 5) is 4.27. The molecule has 1 aromatic heterocycles. The summed E-state index contributed by atoms with van der Waals surface area (Å²) in [5.74, 6) is 0.854. The van der Waals surface area contributed by atoms with Gasteiger partial charge in [0, 0.05) is 18.1 Å². The number of hydrogen-bond donors (Lipinski definition) is 1. The molecule has 2 N–H and O–H groups in total. The molecule has 2 rings (SSSR count). The number of nitrogens with zero attached hydrogens (tertiary/aromatic N) is 1. The second kappa shape index (κ2) is 5.28. The van der Waals surface area contributed by atoms with Crippen molar-refractivity contribution in [2.24, 2.45) is 5.73 Å². The Morgan fingerprint density at radius 1 is 1.19 bits per heavy atom. The fraction of sp³-hybridized carbons (Fsp3) is 0.154. The maximum Gasteiger partial charge on any atom is 0.129 e. The van der Waals surface area contributed by atoms with Crippen LogP contribution in [-0.2, 0) is 0 Å². The molecule has 3 heteroatoms. The Bertz CT molecular complexity index is 489. The summed E-state index contributed by atoms with van der Waals surface area (Å²) < 4.78 is 5.64. The number of pyridine rings is 1. The molecule has 0 saturated carbocycles. The zero-order valence-corrected chi connectivity index (χ0v) is 8.97. The summed E-state index contributed by atoms with van der Waals surface area (Å²) >= 11 is 0. The van der Waals surface area contributed by atoms with Crippen molar-refractivity contribution in [3.05, 3.63) is 48.7 Å². The van der Waals surface area contributed by atoms with Crippen LogP contribution in [0.25, 0.3) is 10.9 Å². The number of benzene rings is 1. The van der Waals surface area contributed by atoms with Crippen LogP contribution in [0.1, 0.15) is 0 Å². The van der Waals surface area contributed by atoms with E-state index in [1.165, 1.54) is 0 Å². The molecule has 0 atom stereocenters. The third-order valence-corrected chi connectivity index (χ3v) is 2.24. The predicted octanol–water partition coefficient (Wildman–Crippen LogP) is 2.13. The van der Waals surface area contributed by atoms with Crippen LogP contribution < -0.4 is 10.5 Å². The Balaban J connectivity index is 2.20. The average Bonchev–Trinajstić information content (AvgIpc) is 2.35. The lowest BCUT2D eigenvalue weighted by molar-refractivity contribution is 0.367. The van der Waals surface area contributed by atoms with Gasteiger partial charge < -0.3 is 10.5 Å². The summed E-state index contributed by atoms with van der Waals surface area (Å²) in [6.45, 7) is 1.08. The lowest BCUT2D eigenvalue weighted by Gasteiger charge is -2.06. The molecule has 0 radical (unpaired) electrons. The molecule has 2 aromatic rings. The molecule has 0 spiro atoms. The minimum Gasteiger partial charge on any atom is -0.489 e. The van der Waals surface area contributed by atoms with Gasteiger partial charge in [-0.3, -0.25) is 4.98 Å². The van der Waals surface area contributed by atoms with E-state index in [0.717, 1.165) is 16.7 Å². The van der Waals surface area contributed by atoms with Gasteiger partial charge in [0.1, 0.15) is 12.4 Å². The fourth-order valence-corrected chi connectivity index (χ4v) is 1.50. The summed E-state index contributed by atoms with van der Waals surface area (Å²) in [5.41, 5.74) is 6.29. The number of nitrogens with two attached hydrogens (primary N) is 1. The van der Waals surface area contributed by atoms with Crippen molar-refractivity contribution >= 4 is 10.9 Å². The number of fused-ring (bicyclic) bond motifs is 1. The first-order valence-corrected chi connectivity index (χ1v) is 5.23. The van der Waals surface area contributed by atoms with Crippen LogP contribution >= 0.6 is 0 Å². The Morgan fingerprint density at radius 3 is 3.00 bits per heavy atom. The molecule has 16 heavy (non-hydrogen) atoms. The quantitative estimate of drug-likeness (QED) is 0.793. The van der Waals surface area contributed by atoms with Gasteiger partial charge in [0.15, 0.2) is 0 Å². The van der Waals surface area contributed by atoms with Crippen LogP contribution in [0.5, 0.6) is 5.75 Å². The van der Waals surface area contributed by atoms with Crippen LogP contribution in [0.3, 0.4) is 0 Å². The van der Waals surface area contributed by atoms with E-state index >= 15 is 0 Å². The van der Waals surface area contributed by atoms with Crippen LogP contribution in [0.15, 0.2) is 48.7 Å². The first-order valence-electron chi connectivity index (χ1n) is 5.23. The number of rotatable bonds is 4. The molecule has 3 nitrogen and oxygen atoms in total. The van der Waals surface area contributed by atoms with Gasteiger partial charge in [-0.15, -0.1) is 0 Å². The summed E-state index contributed by atoms with van der Waals surface area (Å²) in [7, 11) is 0. The third kappa shape index (κ3) is 2.38. The van der Waals surface area contributed by atoms with Crippen molar-refractivity contribution in [3.8, 4) is 5.75 Å². The molecule has 0 aliphatic rings. The summed E-state index contributed by atoms with van der Waals surface area (Å²) in [6, 6.07) is 9.77. The Kier molecular flexibility index (Phi) is 3.51. The molecule has 0 saturated heterocycles. The number of ether oxygens (including phenoxy) is 1. The van der Waals surface area contributed by atoms with E-state index in [4.69, 9.17) is 10.5 Å². The van der Waals surface area contributed by atoms with E-state index in [0.29, 0.717) is 13.2 Å². The van der Waals surface area contributed by atoms with Crippen molar-refractivity contribution in [1.82, 2.24) is 4.98 Å². The van der Waals surface area contributed by atoms with Gasteiger partial charge in [0.25, 0.3) is 0 Å². The van der Waals surface area contributed by atoms with Gasteiger partial charge in [-0.05, 0) is 24.3 Å². The molecule has 0 aliphatic heterocycles. The molecule has 0 aliphatic carbocycles. The minimum absolute atomic E-state index is 0.533. The minimum atomic E-state index is 0.533. The standard InChI is InChI=1S/C13H14N2O/c14-8-1-2-10-16-13-7-3-6-12-11(13)5-4-9-15-12/h1-7,9H,8,10,14H2/b2-1+. The first-order chi connectivity index (χ1) is 7.92. The second-order valence-electron chi connectivity index (χ2n) is 3.34. The highest BCUT2D eigenvalue weighted by Crippen LogP contribution is 2.23. The van der Waals surface area contributed by atoms with Crippen LogP contribution in [0.4, 0.5) is 0 Å². The molecular formula is C13H14N2O. The van der Waals surface area contributed by atoms with Gasteiger partial charge in [0.2, 0.25) is 0 Å². The second-order valence-corrected chi connectivity index (χ2v) is 3.34. The van der Waals surface area contributed by atoms with E-state index < -0.39 is 0 Å². The lowest BCUT2D eigenvalue weighted by Crippen LogP contribution is -1.97. The van der Waals surface area contributed by atoms with Crippen molar-refractivity contribution in [2.75, 3.05) is 13.2 Å². The van der Waals surface area contributed by atoms with Crippen LogP contribution in [-0.4, -0.2) is 18.1 Å². The van der Waals surface area contributed by atoms with Crippen LogP contribution in [0.2, 0.25) is 0 Å². The van der Waals surface area contributed by atoms with Gasteiger partial charge >= 0.3 is 0 Å². The summed E-state index contributed by atoms with van der Waals surface area (Å²) in [6.07, 6.45) is 5.57. The van der Waals surface area contributed by atoms with Gasteiger partial charge in [-0.2, -0.15) is 0 Å². The maximum atomic E-state index is 5.64. The number of aromatic nitrogens is 1. The van der Waals surface area contributed by atoms with Crippen molar-refractivity contribution in [2.45, 2.75) is 0 Å². The lowest BCUT2D eigenvalue weighted by atomic mass is 10.2. The first kappa shape index (κ1) is 10.6. The molecule has 0 unspecified atom stereocenters. The SMILES string of the molecule is NC/C=C/COc1cccc2ncccc12. The molecular weight excluding hydrogens is 200 g/mol. The van der Waals surface area contributed by atoms with Crippen molar-refractivity contribution in [3.63, 3.8) is 0 Å². The Morgan fingerprint density at radius 2 is 2.12 bits per heavy atom. The van der Waals surface area contributed by atoms with Gasteiger partial charge in [0.05, 0.1) is 5.52 Å². The molecule has 0 fully saturated rings. The number of hydrogen-bond acceptors (Lipinski definition) is 3. The van der Waals surface area contributed by atoms with E-state index in [1.807, 2.05) is 42.5 Å². The van der Waals surface area contributed by atoms with E-state index in [-0.39, 0.29) is 0 Å². The fourth-order valence-electron chi connectivity index (χ4n) is 1.50. The average molecular weight is 214 g/mol. The zero-order chi connectivity index (χ0) is 11.2. The molecule has 82 valence electrons. The highest BCUT2D eigenvalue weighted by molar-refractivity contribution is 5.84. The monoisotopic (exact) mass is 214 g/mol. The van der Waals surface area contributed by atoms with Crippen molar-refractivity contribution < 1.29 is 4.74 Å². The Labute approximate surface area is 94.6 Å².